The van der Waals surface area contributed by atoms with E-state index in [0.29, 0.717) is 23.3 Å². The van der Waals surface area contributed by atoms with Crippen molar-refractivity contribution in [2.24, 2.45) is 0 Å². The van der Waals surface area contributed by atoms with Crippen molar-refractivity contribution in [1.29, 1.82) is 0 Å². The van der Waals surface area contributed by atoms with Crippen molar-refractivity contribution in [2.75, 3.05) is 17.3 Å². The molecule has 6 nitrogen and oxygen atoms in total. The lowest BCUT2D eigenvalue weighted by Crippen LogP contribution is -2.45. The second kappa shape index (κ2) is 6.95. The van der Waals surface area contributed by atoms with Crippen LogP contribution in [-0.4, -0.2) is 28.6 Å². The first-order valence-corrected chi connectivity index (χ1v) is 10.7. The Morgan fingerprint density at radius 3 is 2.68 bits per heavy atom. The van der Waals surface area contributed by atoms with E-state index in [1.807, 2.05) is 30.3 Å². The van der Waals surface area contributed by atoms with Gasteiger partial charge >= 0.3 is 0 Å². The third-order valence-corrected chi connectivity index (χ3v) is 6.81. The van der Waals surface area contributed by atoms with Crippen LogP contribution in [0.2, 0.25) is 5.02 Å². The van der Waals surface area contributed by atoms with Gasteiger partial charge in [0.15, 0.2) is 0 Å². The normalized spacial score (nSPS) is 19.7. The number of likely N-dealkylation sites (N-methyl/N-ethyl adjacent to an activating group) is 1. The Morgan fingerprint density at radius 1 is 1.16 bits per heavy atom. The van der Waals surface area contributed by atoms with Crippen molar-refractivity contribution in [3.63, 3.8) is 0 Å². The Labute approximate surface area is 185 Å². The van der Waals surface area contributed by atoms with E-state index in [1.54, 1.807) is 22.8 Å². The first kappa shape index (κ1) is 19.8. The molecule has 0 saturated carbocycles. The molecule has 2 amide bonds. The maximum atomic E-state index is 13.6. The molecule has 2 aromatic carbocycles. The Morgan fingerprint density at radius 2 is 1.94 bits per heavy atom. The van der Waals surface area contributed by atoms with Crippen LogP contribution in [0.25, 0.3) is 0 Å². The van der Waals surface area contributed by atoms with Crippen molar-refractivity contribution in [1.82, 2.24) is 9.78 Å². The van der Waals surface area contributed by atoms with Gasteiger partial charge in [0, 0.05) is 29.7 Å². The predicted molar refractivity (Wildman–Crippen MR) is 121 cm³/mol. The van der Waals surface area contributed by atoms with Gasteiger partial charge in [-0.15, -0.1) is 0 Å². The average molecular weight is 435 g/mol. The summed E-state index contributed by atoms with van der Waals surface area (Å²) >= 11 is 6.34. The van der Waals surface area contributed by atoms with Gasteiger partial charge in [-0.05, 0) is 34.7 Å². The fraction of sp³-hybridized carbons (Fsp3) is 0.292. The zero-order valence-electron chi connectivity index (χ0n) is 17.6. The largest absolute Gasteiger partial charge is 0.314 e. The second-order valence-electron chi connectivity index (χ2n) is 8.58. The monoisotopic (exact) mass is 434 g/mol. The minimum Gasteiger partial charge on any atom is -0.314 e. The molecule has 0 unspecified atom stereocenters. The highest BCUT2D eigenvalue weighted by Gasteiger charge is 2.56. The van der Waals surface area contributed by atoms with Gasteiger partial charge in [0.1, 0.15) is 11.2 Å². The smallest absolute Gasteiger partial charge is 0.242 e. The van der Waals surface area contributed by atoms with E-state index >= 15 is 0 Å². The molecule has 1 spiro atoms. The van der Waals surface area contributed by atoms with Gasteiger partial charge in [-0.3, -0.25) is 9.59 Å². The third-order valence-electron chi connectivity index (χ3n) is 6.44. The van der Waals surface area contributed by atoms with Crippen molar-refractivity contribution in [2.45, 2.75) is 38.1 Å². The van der Waals surface area contributed by atoms with Gasteiger partial charge in [0.05, 0.1) is 12.7 Å². The first-order chi connectivity index (χ1) is 14.8. The molecule has 2 aliphatic heterocycles. The van der Waals surface area contributed by atoms with E-state index in [2.05, 4.69) is 36.4 Å². The summed E-state index contributed by atoms with van der Waals surface area (Å²) in [6, 6.07) is 13.7. The summed E-state index contributed by atoms with van der Waals surface area (Å²) in [4.78, 5) is 28.2. The second-order valence-corrected chi connectivity index (χ2v) is 8.99. The van der Waals surface area contributed by atoms with Gasteiger partial charge < -0.3 is 10.2 Å². The summed E-state index contributed by atoms with van der Waals surface area (Å²) < 4.78 is 1.72. The van der Waals surface area contributed by atoms with E-state index < -0.39 is 5.41 Å². The van der Waals surface area contributed by atoms with Gasteiger partial charge in [0.2, 0.25) is 11.8 Å². The van der Waals surface area contributed by atoms with Crippen LogP contribution in [0, 0.1) is 0 Å². The summed E-state index contributed by atoms with van der Waals surface area (Å²) in [7, 11) is 1.77. The fourth-order valence-electron chi connectivity index (χ4n) is 4.74. The Balaban J connectivity index is 1.69. The zero-order valence-corrected chi connectivity index (χ0v) is 18.4. The zero-order chi connectivity index (χ0) is 21.9. The van der Waals surface area contributed by atoms with E-state index in [1.165, 1.54) is 0 Å². The molecule has 3 heterocycles. The summed E-state index contributed by atoms with van der Waals surface area (Å²) in [6.45, 7) is 4.64. The van der Waals surface area contributed by atoms with E-state index in [0.717, 1.165) is 27.9 Å². The number of amides is 2. The number of fused-ring (bicyclic) bond motifs is 4. The SMILES string of the molecule is CC(C)c1ccc2c(c1)[C@]1(CC(=O)Nc3c1cnn3Cc1ccccc1Cl)C(=O)N2C. The summed E-state index contributed by atoms with van der Waals surface area (Å²) in [5.74, 6) is 0.568. The number of aromatic nitrogens is 2. The molecule has 5 rings (SSSR count). The standard InChI is InChI=1S/C24H23ClN4O2/c1-14(2)15-8-9-20-17(10-15)24(23(31)28(20)3)11-21(30)27-22-18(24)12-26-29(22)13-16-6-4-5-7-19(16)25/h4-10,12,14H,11,13H2,1-3H3,(H,27,30)/t24-/m0/s1. The van der Waals surface area contributed by atoms with Crippen molar-refractivity contribution < 1.29 is 9.59 Å². The van der Waals surface area contributed by atoms with Crippen molar-refractivity contribution in [3.8, 4) is 0 Å². The maximum Gasteiger partial charge on any atom is 0.242 e. The molecule has 3 aromatic rings. The Bertz CT molecular complexity index is 1230. The van der Waals surface area contributed by atoms with Crippen LogP contribution in [0.3, 0.4) is 0 Å². The van der Waals surface area contributed by atoms with E-state index in [-0.39, 0.29) is 18.2 Å². The first-order valence-electron chi connectivity index (χ1n) is 10.3. The number of hydrogen-bond donors (Lipinski definition) is 1. The van der Waals surface area contributed by atoms with Crippen LogP contribution in [0.4, 0.5) is 11.5 Å². The third kappa shape index (κ3) is 2.82. The lowest BCUT2D eigenvalue weighted by molar-refractivity contribution is -0.126. The van der Waals surface area contributed by atoms with Crippen LogP contribution in [0.15, 0.2) is 48.7 Å². The number of hydrogen-bond acceptors (Lipinski definition) is 3. The summed E-state index contributed by atoms with van der Waals surface area (Å²) in [5.41, 5.74) is 3.41. The molecule has 0 bridgehead atoms. The van der Waals surface area contributed by atoms with Crippen LogP contribution in [-0.2, 0) is 21.5 Å². The highest BCUT2D eigenvalue weighted by Crippen LogP contribution is 2.52. The molecule has 7 heteroatoms. The maximum absolute atomic E-state index is 13.6. The number of anilines is 2. The lowest BCUT2D eigenvalue weighted by Gasteiger charge is -2.32. The number of carbonyl (C=O) groups is 2. The van der Waals surface area contributed by atoms with Crippen LogP contribution in [0.1, 0.15) is 48.4 Å². The Hall–Kier alpha value is -3.12. The number of carbonyl (C=O) groups excluding carboxylic acids is 2. The number of halogens is 1. The number of benzene rings is 2. The highest BCUT2D eigenvalue weighted by molar-refractivity contribution is 6.31. The molecule has 158 valence electrons. The molecule has 0 saturated heterocycles. The van der Waals surface area contributed by atoms with Crippen LogP contribution < -0.4 is 10.2 Å². The number of nitrogens with zero attached hydrogens (tertiary/aromatic N) is 3. The van der Waals surface area contributed by atoms with Gasteiger partial charge in [-0.2, -0.15) is 5.10 Å². The predicted octanol–water partition coefficient (Wildman–Crippen LogP) is 4.31. The lowest BCUT2D eigenvalue weighted by atomic mass is 9.71. The molecule has 0 fully saturated rings. The van der Waals surface area contributed by atoms with E-state index in [9.17, 15) is 9.59 Å². The molecule has 1 N–H and O–H groups in total. The average Bonchev–Trinajstić information content (AvgIpc) is 3.23. The molecular formula is C24H23ClN4O2. The highest BCUT2D eigenvalue weighted by atomic mass is 35.5. The number of nitrogens with one attached hydrogen (secondary N) is 1. The minimum atomic E-state index is -1.06. The minimum absolute atomic E-state index is 0.0650. The Kier molecular flexibility index (Phi) is 4.45. The molecule has 2 aliphatic rings. The molecule has 0 radical (unpaired) electrons. The van der Waals surface area contributed by atoms with Crippen LogP contribution >= 0.6 is 11.6 Å². The van der Waals surface area contributed by atoms with Crippen molar-refractivity contribution >= 4 is 34.9 Å². The summed E-state index contributed by atoms with van der Waals surface area (Å²) in [6.07, 6.45) is 1.78. The molecule has 31 heavy (non-hydrogen) atoms. The fourth-order valence-corrected chi connectivity index (χ4v) is 4.93. The van der Waals surface area contributed by atoms with E-state index in [4.69, 9.17) is 11.6 Å². The van der Waals surface area contributed by atoms with Gasteiger partial charge in [-0.25, -0.2) is 4.68 Å². The number of rotatable bonds is 3. The quantitative estimate of drug-likeness (QED) is 0.667. The molecule has 1 atom stereocenters. The topological polar surface area (TPSA) is 67.2 Å². The van der Waals surface area contributed by atoms with Gasteiger partial charge in [-0.1, -0.05) is 55.8 Å². The molecular weight excluding hydrogens is 412 g/mol. The summed E-state index contributed by atoms with van der Waals surface area (Å²) in [5, 5.41) is 8.13. The molecule has 0 aliphatic carbocycles. The van der Waals surface area contributed by atoms with Crippen molar-refractivity contribution in [3.05, 3.63) is 75.9 Å². The molecule has 1 aromatic heterocycles. The van der Waals surface area contributed by atoms with Crippen LogP contribution in [0.5, 0.6) is 0 Å². The van der Waals surface area contributed by atoms with Gasteiger partial charge in [0.25, 0.3) is 0 Å².